The van der Waals surface area contributed by atoms with Crippen LogP contribution in [0.5, 0.6) is 0 Å². The Hall–Kier alpha value is -0.570. The smallest absolute Gasteiger partial charge is 0.311 e. The highest BCUT2D eigenvalue weighted by Gasteiger charge is 2.36. The molecule has 88 valence electrons. The minimum atomic E-state index is -0.528. The predicted octanol–water partition coefficient (Wildman–Crippen LogP) is 1.98. The van der Waals surface area contributed by atoms with Crippen LogP contribution in [-0.4, -0.2) is 24.3 Å². The normalized spacial score (nSPS) is 21.7. The summed E-state index contributed by atoms with van der Waals surface area (Å²) in [6.45, 7) is 3.92. The summed E-state index contributed by atoms with van der Waals surface area (Å²) in [4.78, 5) is 11.6. The zero-order valence-corrected chi connectivity index (χ0v) is 9.90. The third-order valence-corrected chi connectivity index (χ3v) is 3.44. The highest BCUT2D eigenvalue weighted by atomic mass is 16.5. The molecule has 0 spiro atoms. The van der Waals surface area contributed by atoms with Gasteiger partial charge in [0, 0.05) is 0 Å². The summed E-state index contributed by atoms with van der Waals surface area (Å²) in [5.74, 6) is -0.216. The van der Waals surface area contributed by atoms with Crippen LogP contribution in [0.1, 0.15) is 39.5 Å². The Morgan fingerprint density at radius 1 is 1.33 bits per heavy atom. The predicted molar refractivity (Wildman–Crippen MR) is 58.3 cm³/mol. The molecule has 1 saturated carbocycles. The highest BCUT2D eigenvalue weighted by molar-refractivity contribution is 5.73. The van der Waals surface area contributed by atoms with Gasteiger partial charge in [0.15, 0.2) is 0 Å². The maximum atomic E-state index is 11.6. The number of aliphatic hydroxyl groups excluding tert-OH is 1. The Morgan fingerprint density at radius 2 is 1.87 bits per heavy atom. The molecule has 1 fully saturated rings. The molecule has 0 aromatic carbocycles. The molecule has 3 nitrogen and oxygen atoms in total. The SMILES string of the molecule is COC(=O)C(C(C)C)C(O)C1CCCC1. The van der Waals surface area contributed by atoms with Gasteiger partial charge >= 0.3 is 5.97 Å². The molecule has 15 heavy (non-hydrogen) atoms. The van der Waals surface area contributed by atoms with Crippen LogP contribution < -0.4 is 0 Å². The van der Waals surface area contributed by atoms with E-state index in [1.165, 1.54) is 20.0 Å². The number of ether oxygens (including phenoxy) is 1. The quantitative estimate of drug-likeness (QED) is 0.728. The largest absolute Gasteiger partial charge is 0.469 e. The lowest BCUT2D eigenvalue weighted by molar-refractivity contribution is -0.153. The van der Waals surface area contributed by atoms with E-state index < -0.39 is 6.10 Å². The summed E-state index contributed by atoms with van der Waals surface area (Å²) >= 11 is 0. The lowest BCUT2D eigenvalue weighted by atomic mass is 9.83. The van der Waals surface area contributed by atoms with Gasteiger partial charge < -0.3 is 9.84 Å². The van der Waals surface area contributed by atoms with E-state index in [0.29, 0.717) is 0 Å². The highest BCUT2D eigenvalue weighted by Crippen LogP contribution is 2.33. The number of hydrogen-bond donors (Lipinski definition) is 1. The molecule has 0 aliphatic heterocycles. The molecule has 2 unspecified atom stereocenters. The van der Waals surface area contributed by atoms with Crippen molar-refractivity contribution in [1.29, 1.82) is 0 Å². The van der Waals surface area contributed by atoms with E-state index in [1.807, 2.05) is 13.8 Å². The van der Waals surface area contributed by atoms with Gasteiger partial charge in [-0.05, 0) is 24.7 Å². The van der Waals surface area contributed by atoms with E-state index in [-0.39, 0.29) is 23.7 Å². The van der Waals surface area contributed by atoms with E-state index in [0.717, 1.165) is 12.8 Å². The molecule has 0 saturated heterocycles. The Balaban J connectivity index is 2.65. The fourth-order valence-corrected chi connectivity index (χ4v) is 2.53. The van der Waals surface area contributed by atoms with Crippen LogP contribution in [-0.2, 0) is 9.53 Å². The van der Waals surface area contributed by atoms with Crippen molar-refractivity contribution in [2.75, 3.05) is 7.11 Å². The number of carbonyl (C=O) groups excluding carboxylic acids is 1. The van der Waals surface area contributed by atoms with Gasteiger partial charge in [-0.2, -0.15) is 0 Å². The fourth-order valence-electron chi connectivity index (χ4n) is 2.53. The van der Waals surface area contributed by atoms with Crippen molar-refractivity contribution in [3.05, 3.63) is 0 Å². The molecule has 1 aliphatic rings. The van der Waals surface area contributed by atoms with Crippen LogP contribution in [0.15, 0.2) is 0 Å². The first-order valence-corrected chi connectivity index (χ1v) is 5.83. The molecular weight excluding hydrogens is 192 g/mol. The molecule has 0 heterocycles. The number of carbonyl (C=O) groups is 1. The van der Waals surface area contributed by atoms with Crippen LogP contribution >= 0.6 is 0 Å². The van der Waals surface area contributed by atoms with Gasteiger partial charge in [0.25, 0.3) is 0 Å². The van der Waals surface area contributed by atoms with Crippen molar-refractivity contribution >= 4 is 5.97 Å². The minimum absolute atomic E-state index is 0.132. The van der Waals surface area contributed by atoms with Gasteiger partial charge in [0.1, 0.15) is 0 Å². The van der Waals surface area contributed by atoms with Crippen LogP contribution in [0.25, 0.3) is 0 Å². The fraction of sp³-hybridized carbons (Fsp3) is 0.917. The number of hydrogen-bond acceptors (Lipinski definition) is 3. The molecule has 3 heteroatoms. The lowest BCUT2D eigenvalue weighted by Crippen LogP contribution is -2.37. The molecule has 0 aromatic rings. The summed E-state index contributed by atoms with van der Waals surface area (Å²) in [6, 6.07) is 0. The molecule has 2 atom stereocenters. The van der Waals surface area contributed by atoms with Crippen molar-refractivity contribution in [3.63, 3.8) is 0 Å². The third kappa shape index (κ3) is 2.94. The Bertz CT molecular complexity index is 207. The first-order chi connectivity index (χ1) is 7.07. The van der Waals surface area contributed by atoms with Crippen LogP contribution in [0, 0.1) is 17.8 Å². The first-order valence-electron chi connectivity index (χ1n) is 5.83. The number of aliphatic hydroxyl groups is 1. The Kier molecular flexibility index (Phi) is 4.58. The molecular formula is C12H22O3. The second-order valence-corrected chi connectivity index (χ2v) is 4.83. The van der Waals surface area contributed by atoms with Gasteiger partial charge in [0.2, 0.25) is 0 Å². The van der Waals surface area contributed by atoms with E-state index >= 15 is 0 Å². The van der Waals surface area contributed by atoms with Crippen LogP contribution in [0.4, 0.5) is 0 Å². The molecule has 1 N–H and O–H groups in total. The van der Waals surface area contributed by atoms with Crippen molar-refractivity contribution in [3.8, 4) is 0 Å². The zero-order valence-electron chi connectivity index (χ0n) is 9.90. The molecule has 0 aromatic heterocycles. The second kappa shape index (κ2) is 5.50. The average Bonchev–Trinajstić information content (AvgIpc) is 2.69. The molecule has 1 rings (SSSR count). The average molecular weight is 214 g/mol. The van der Waals surface area contributed by atoms with Crippen molar-refractivity contribution in [1.82, 2.24) is 0 Å². The van der Waals surface area contributed by atoms with Gasteiger partial charge in [-0.3, -0.25) is 4.79 Å². The lowest BCUT2D eigenvalue weighted by Gasteiger charge is -2.28. The van der Waals surface area contributed by atoms with E-state index in [2.05, 4.69) is 0 Å². The second-order valence-electron chi connectivity index (χ2n) is 4.83. The topological polar surface area (TPSA) is 46.5 Å². The van der Waals surface area contributed by atoms with Gasteiger partial charge in [0.05, 0.1) is 19.1 Å². The van der Waals surface area contributed by atoms with Gasteiger partial charge in [-0.15, -0.1) is 0 Å². The first kappa shape index (κ1) is 12.5. The summed E-state index contributed by atoms with van der Waals surface area (Å²) in [5.41, 5.74) is 0. The summed E-state index contributed by atoms with van der Waals surface area (Å²) in [7, 11) is 1.39. The van der Waals surface area contributed by atoms with E-state index in [9.17, 15) is 9.90 Å². The number of esters is 1. The number of methoxy groups -OCH3 is 1. The Labute approximate surface area is 91.8 Å². The van der Waals surface area contributed by atoms with Gasteiger partial charge in [-0.25, -0.2) is 0 Å². The maximum Gasteiger partial charge on any atom is 0.311 e. The minimum Gasteiger partial charge on any atom is -0.469 e. The summed E-state index contributed by atoms with van der Waals surface area (Å²) < 4.78 is 4.76. The molecule has 0 bridgehead atoms. The molecule has 0 amide bonds. The van der Waals surface area contributed by atoms with Crippen LogP contribution in [0.3, 0.4) is 0 Å². The van der Waals surface area contributed by atoms with Crippen molar-refractivity contribution in [2.45, 2.75) is 45.6 Å². The standard InChI is InChI=1S/C12H22O3/c1-8(2)10(12(14)15-3)11(13)9-6-4-5-7-9/h8-11,13H,4-7H2,1-3H3. The summed E-state index contributed by atoms with van der Waals surface area (Å²) in [6.07, 6.45) is 3.91. The van der Waals surface area contributed by atoms with Crippen LogP contribution in [0.2, 0.25) is 0 Å². The van der Waals surface area contributed by atoms with Crippen molar-refractivity contribution in [2.24, 2.45) is 17.8 Å². The molecule has 0 radical (unpaired) electrons. The zero-order chi connectivity index (χ0) is 11.4. The maximum absolute atomic E-state index is 11.6. The molecule has 1 aliphatic carbocycles. The van der Waals surface area contributed by atoms with Crippen molar-refractivity contribution < 1.29 is 14.6 Å². The van der Waals surface area contributed by atoms with E-state index in [1.54, 1.807) is 0 Å². The summed E-state index contributed by atoms with van der Waals surface area (Å²) in [5, 5.41) is 10.2. The third-order valence-electron chi connectivity index (χ3n) is 3.44. The monoisotopic (exact) mass is 214 g/mol. The van der Waals surface area contributed by atoms with E-state index in [4.69, 9.17) is 4.74 Å². The van der Waals surface area contributed by atoms with Gasteiger partial charge in [-0.1, -0.05) is 26.7 Å². The Morgan fingerprint density at radius 3 is 2.27 bits per heavy atom. The number of rotatable bonds is 4.